The van der Waals surface area contributed by atoms with Crippen LogP contribution in [0, 0.1) is 0 Å². The average molecular weight is 221 g/mol. The molecule has 0 spiro atoms. The Morgan fingerprint density at radius 3 is 2.69 bits per heavy atom. The first-order chi connectivity index (χ1) is 5.38. The molecule has 2 rings (SSSR count). The standard InChI is InChI=1S/C7H8N4.2ClH/c8-11-5-4-10-3-1-2-9-6-7(10)11;;/h1-6H,8H2;2*1H. The highest BCUT2D eigenvalue weighted by Crippen LogP contribution is 2.17. The minimum atomic E-state index is 0. The monoisotopic (exact) mass is 220 g/mol. The van der Waals surface area contributed by atoms with Crippen molar-refractivity contribution in [1.29, 1.82) is 0 Å². The summed E-state index contributed by atoms with van der Waals surface area (Å²) in [6.07, 6.45) is 10.8. The zero-order valence-electron chi connectivity index (χ0n) is 6.70. The maximum atomic E-state index is 5.59. The minimum Gasteiger partial charge on any atom is -0.306 e. The van der Waals surface area contributed by atoms with Gasteiger partial charge in [-0.15, -0.1) is 24.8 Å². The van der Waals surface area contributed by atoms with Crippen molar-refractivity contribution >= 4 is 31.0 Å². The summed E-state index contributed by atoms with van der Waals surface area (Å²) in [4.78, 5) is 5.88. The Balaban J connectivity index is 0.000000720. The van der Waals surface area contributed by atoms with Gasteiger partial charge in [0.2, 0.25) is 0 Å². The Morgan fingerprint density at radius 2 is 1.92 bits per heavy atom. The van der Waals surface area contributed by atoms with Crippen LogP contribution in [0.5, 0.6) is 0 Å². The van der Waals surface area contributed by atoms with E-state index in [1.165, 1.54) is 5.01 Å². The SMILES string of the molecule is Cl.Cl.NN1C=CN2C=CC=NC=C12. The quantitative estimate of drug-likeness (QED) is 0.625. The fourth-order valence-electron chi connectivity index (χ4n) is 0.980. The first kappa shape index (κ1) is 12.0. The van der Waals surface area contributed by atoms with Gasteiger partial charge < -0.3 is 4.90 Å². The average Bonchev–Trinajstić information content (AvgIpc) is 2.25. The van der Waals surface area contributed by atoms with Gasteiger partial charge in [0, 0.05) is 24.8 Å². The van der Waals surface area contributed by atoms with Gasteiger partial charge in [0.25, 0.3) is 0 Å². The van der Waals surface area contributed by atoms with Crippen molar-refractivity contribution in [3.8, 4) is 0 Å². The second kappa shape index (κ2) is 4.91. The van der Waals surface area contributed by atoms with Crippen molar-refractivity contribution in [3.05, 3.63) is 36.7 Å². The number of hydrogen-bond acceptors (Lipinski definition) is 4. The van der Waals surface area contributed by atoms with Gasteiger partial charge in [-0.2, -0.15) is 0 Å². The number of nitrogens with two attached hydrogens (primary N) is 1. The molecule has 2 N–H and O–H groups in total. The number of rotatable bonds is 0. The molecule has 4 nitrogen and oxygen atoms in total. The Hall–Kier alpha value is -0.970. The van der Waals surface area contributed by atoms with Gasteiger partial charge >= 0.3 is 0 Å². The summed E-state index contributed by atoms with van der Waals surface area (Å²) in [5, 5.41) is 1.52. The van der Waals surface area contributed by atoms with E-state index in [0.717, 1.165) is 5.82 Å². The number of aliphatic imine (C=N–C) groups is 1. The van der Waals surface area contributed by atoms with Crippen LogP contribution in [-0.2, 0) is 0 Å². The molecule has 13 heavy (non-hydrogen) atoms. The Morgan fingerprint density at radius 1 is 1.15 bits per heavy atom. The van der Waals surface area contributed by atoms with Crippen molar-refractivity contribution in [1.82, 2.24) is 9.91 Å². The molecule has 0 saturated carbocycles. The fraction of sp³-hybridized carbons (Fsp3) is 0. The van der Waals surface area contributed by atoms with E-state index in [-0.39, 0.29) is 24.8 Å². The summed E-state index contributed by atoms with van der Waals surface area (Å²) < 4.78 is 0. The number of fused-ring (bicyclic) bond motifs is 1. The van der Waals surface area contributed by atoms with Crippen LogP contribution >= 0.6 is 24.8 Å². The topological polar surface area (TPSA) is 44.9 Å². The van der Waals surface area contributed by atoms with Crippen LogP contribution in [0.3, 0.4) is 0 Å². The molecule has 0 aromatic carbocycles. The van der Waals surface area contributed by atoms with E-state index < -0.39 is 0 Å². The molecule has 0 unspecified atom stereocenters. The van der Waals surface area contributed by atoms with E-state index in [4.69, 9.17) is 5.84 Å². The van der Waals surface area contributed by atoms with Crippen molar-refractivity contribution in [2.75, 3.05) is 0 Å². The van der Waals surface area contributed by atoms with Gasteiger partial charge in [-0.25, -0.2) is 5.84 Å². The highest BCUT2D eigenvalue weighted by Gasteiger charge is 2.14. The molecule has 0 saturated heterocycles. The van der Waals surface area contributed by atoms with E-state index in [9.17, 15) is 0 Å². The van der Waals surface area contributed by atoms with Gasteiger partial charge in [-0.1, -0.05) is 0 Å². The lowest BCUT2D eigenvalue weighted by atomic mass is 10.6. The summed E-state index contributed by atoms with van der Waals surface area (Å²) in [7, 11) is 0. The van der Waals surface area contributed by atoms with Crippen molar-refractivity contribution in [3.63, 3.8) is 0 Å². The molecule has 2 aliphatic rings. The zero-order valence-corrected chi connectivity index (χ0v) is 8.33. The number of nitrogens with zero attached hydrogens (tertiary/aromatic N) is 3. The van der Waals surface area contributed by atoms with Gasteiger partial charge in [0.1, 0.15) is 5.82 Å². The molecule has 0 bridgehead atoms. The zero-order chi connectivity index (χ0) is 7.68. The maximum Gasteiger partial charge on any atom is 0.150 e. The first-order valence-electron chi connectivity index (χ1n) is 3.29. The Labute approximate surface area is 88.9 Å². The third kappa shape index (κ3) is 2.24. The molecule has 0 fully saturated rings. The van der Waals surface area contributed by atoms with Crippen LogP contribution in [0.25, 0.3) is 0 Å². The molecule has 2 aliphatic heterocycles. The van der Waals surface area contributed by atoms with E-state index in [2.05, 4.69) is 4.99 Å². The molecule has 0 atom stereocenters. The maximum absolute atomic E-state index is 5.59. The van der Waals surface area contributed by atoms with Gasteiger partial charge in [0.05, 0.1) is 6.20 Å². The molecule has 0 aromatic rings. The van der Waals surface area contributed by atoms with Crippen molar-refractivity contribution in [2.45, 2.75) is 0 Å². The lowest BCUT2D eigenvalue weighted by Crippen LogP contribution is -2.25. The summed E-state index contributed by atoms with van der Waals surface area (Å²) in [6, 6.07) is 0. The minimum absolute atomic E-state index is 0. The van der Waals surface area contributed by atoms with Crippen molar-refractivity contribution in [2.24, 2.45) is 10.8 Å². The number of hydrogen-bond donors (Lipinski definition) is 1. The van der Waals surface area contributed by atoms with E-state index in [1.807, 2.05) is 23.4 Å². The Bertz CT molecular complexity index is 282. The summed E-state index contributed by atoms with van der Waals surface area (Å²) in [6.45, 7) is 0. The van der Waals surface area contributed by atoms with E-state index >= 15 is 0 Å². The molecule has 6 heteroatoms. The highest BCUT2D eigenvalue weighted by atomic mass is 35.5. The Kier molecular flexibility index (Phi) is 4.55. The van der Waals surface area contributed by atoms with Crippen LogP contribution in [0.4, 0.5) is 0 Å². The number of halogens is 2. The number of hydrazine groups is 1. The van der Waals surface area contributed by atoms with Crippen LogP contribution in [-0.4, -0.2) is 16.1 Å². The van der Waals surface area contributed by atoms with Gasteiger partial charge in [-0.3, -0.25) is 10.0 Å². The lowest BCUT2D eigenvalue weighted by molar-refractivity contribution is 0.425. The van der Waals surface area contributed by atoms with Crippen LogP contribution in [0.15, 0.2) is 41.7 Å². The molecule has 0 aromatic heterocycles. The molecule has 0 radical (unpaired) electrons. The predicted molar refractivity (Wildman–Crippen MR) is 57.2 cm³/mol. The van der Waals surface area contributed by atoms with Crippen molar-refractivity contribution < 1.29 is 0 Å². The third-order valence-electron chi connectivity index (χ3n) is 1.53. The predicted octanol–water partition coefficient (Wildman–Crippen LogP) is 1.19. The second-order valence-corrected chi connectivity index (χ2v) is 2.24. The smallest absolute Gasteiger partial charge is 0.150 e. The number of allylic oxidation sites excluding steroid dienone is 1. The lowest BCUT2D eigenvalue weighted by Gasteiger charge is -2.15. The summed E-state index contributed by atoms with van der Waals surface area (Å²) in [5.41, 5.74) is 0. The van der Waals surface area contributed by atoms with E-state index in [1.54, 1.807) is 18.6 Å². The molecule has 72 valence electrons. The van der Waals surface area contributed by atoms with E-state index in [0.29, 0.717) is 0 Å². The molecule has 0 amide bonds. The van der Waals surface area contributed by atoms with Crippen LogP contribution < -0.4 is 5.84 Å². The fourth-order valence-corrected chi connectivity index (χ4v) is 0.980. The summed E-state index contributed by atoms with van der Waals surface area (Å²) >= 11 is 0. The largest absolute Gasteiger partial charge is 0.306 e. The first-order valence-corrected chi connectivity index (χ1v) is 3.29. The van der Waals surface area contributed by atoms with Crippen LogP contribution in [0.2, 0.25) is 0 Å². The second-order valence-electron chi connectivity index (χ2n) is 2.24. The highest BCUT2D eigenvalue weighted by molar-refractivity contribution is 5.85. The van der Waals surface area contributed by atoms with Gasteiger partial charge in [0.15, 0.2) is 0 Å². The molecular weight excluding hydrogens is 211 g/mol. The normalized spacial score (nSPS) is 17.2. The summed E-state index contributed by atoms with van der Waals surface area (Å²) in [5.74, 6) is 6.44. The molecule has 0 aliphatic carbocycles. The molecular formula is C7H10Cl2N4. The van der Waals surface area contributed by atoms with Gasteiger partial charge in [-0.05, 0) is 6.08 Å². The molecule has 2 heterocycles. The van der Waals surface area contributed by atoms with Crippen LogP contribution in [0.1, 0.15) is 0 Å². The third-order valence-corrected chi connectivity index (χ3v) is 1.53.